The Kier molecular flexibility index (Phi) is 5.20. The van der Waals surface area contributed by atoms with Gasteiger partial charge in [-0.3, -0.25) is 9.59 Å². The Morgan fingerprint density at radius 3 is 2.32 bits per heavy atom. The van der Waals surface area contributed by atoms with E-state index in [1.807, 2.05) is 0 Å². The standard InChI is InChI=1S/C17H16F3NO4/c1-8-4-13(22)15(17(24)21(8)2)10(7-14(23)25-3)9-5-11(18)16(20)12(19)6-9/h4-6,10,22H,7H2,1-3H3. The minimum Gasteiger partial charge on any atom is -0.507 e. The van der Waals surface area contributed by atoms with Gasteiger partial charge >= 0.3 is 5.97 Å². The zero-order chi connectivity index (χ0) is 18.9. The van der Waals surface area contributed by atoms with Crippen molar-refractivity contribution in [3.63, 3.8) is 0 Å². The minimum absolute atomic E-state index is 0.168. The SMILES string of the molecule is COC(=O)CC(c1cc(F)c(F)c(F)c1)c1c(O)cc(C)n(C)c1=O. The molecule has 0 aliphatic carbocycles. The van der Waals surface area contributed by atoms with E-state index >= 15 is 0 Å². The molecule has 1 aromatic heterocycles. The maximum absolute atomic E-state index is 13.6. The number of rotatable bonds is 4. The number of halogens is 3. The van der Waals surface area contributed by atoms with Crippen LogP contribution in [0.2, 0.25) is 0 Å². The third kappa shape index (κ3) is 3.52. The van der Waals surface area contributed by atoms with E-state index in [-0.39, 0.29) is 11.1 Å². The Bertz CT molecular complexity index is 869. The highest BCUT2D eigenvalue weighted by Crippen LogP contribution is 2.33. The topological polar surface area (TPSA) is 68.5 Å². The summed E-state index contributed by atoms with van der Waals surface area (Å²) in [7, 11) is 2.56. The summed E-state index contributed by atoms with van der Waals surface area (Å²) in [6, 6.07) is 2.66. The van der Waals surface area contributed by atoms with Gasteiger partial charge in [0.2, 0.25) is 0 Å². The first-order valence-corrected chi connectivity index (χ1v) is 7.28. The molecule has 1 heterocycles. The Labute approximate surface area is 141 Å². The van der Waals surface area contributed by atoms with Crippen LogP contribution in [0.25, 0.3) is 0 Å². The van der Waals surface area contributed by atoms with Crippen molar-refractivity contribution in [2.24, 2.45) is 7.05 Å². The Morgan fingerprint density at radius 1 is 1.24 bits per heavy atom. The predicted molar refractivity (Wildman–Crippen MR) is 82.9 cm³/mol. The van der Waals surface area contributed by atoms with E-state index in [9.17, 15) is 27.9 Å². The number of aryl methyl sites for hydroxylation is 1. The zero-order valence-corrected chi connectivity index (χ0v) is 13.8. The monoisotopic (exact) mass is 355 g/mol. The van der Waals surface area contributed by atoms with Crippen LogP contribution in [0.4, 0.5) is 13.2 Å². The number of carbonyl (C=O) groups excluding carboxylic acids is 1. The molecule has 1 unspecified atom stereocenters. The van der Waals surface area contributed by atoms with Crippen LogP contribution in [0.1, 0.15) is 29.2 Å². The molecule has 0 bridgehead atoms. The van der Waals surface area contributed by atoms with Gasteiger partial charge in [-0.2, -0.15) is 0 Å². The lowest BCUT2D eigenvalue weighted by Crippen LogP contribution is -2.26. The van der Waals surface area contributed by atoms with Gasteiger partial charge in [0.05, 0.1) is 19.1 Å². The molecule has 0 radical (unpaired) electrons. The maximum atomic E-state index is 13.6. The lowest BCUT2D eigenvalue weighted by molar-refractivity contribution is -0.140. The molecule has 25 heavy (non-hydrogen) atoms. The van der Waals surface area contributed by atoms with Crippen molar-refractivity contribution in [3.8, 4) is 5.75 Å². The Balaban J connectivity index is 2.73. The van der Waals surface area contributed by atoms with Crippen LogP contribution in [-0.2, 0) is 16.6 Å². The normalized spacial score (nSPS) is 12.1. The molecule has 1 N–H and O–H groups in total. The van der Waals surface area contributed by atoms with E-state index in [0.29, 0.717) is 17.8 Å². The van der Waals surface area contributed by atoms with Gasteiger partial charge in [0.1, 0.15) is 5.75 Å². The summed E-state index contributed by atoms with van der Waals surface area (Å²) < 4.78 is 46.2. The molecule has 0 aliphatic rings. The number of ether oxygens (including phenoxy) is 1. The molecular formula is C17H16F3NO4. The number of hydrogen-bond acceptors (Lipinski definition) is 4. The lowest BCUT2D eigenvalue weighted by atomic mass is 9.88. The van der Waals surface area contributed by atoms with E-state index in [1.54, 1.807) is 6.92 Å². The van der Waals surface area contributed by atoms with Crippen molar-refractivity contribution in [1.29, 1.82) is 0 Å². The van der Waals surface area contributed by atoms with Crippen LogP contribution in [0, 0.1) is 24.4 Å². The van der Waals surface area contributed by atoms with Crippen molar-refractivity contribution in [2.75, 3.05) is 7.11 Å². The summed E-state index contributed by atoms with van der Waals surface area (Å²) in [6.07, 6.45) is -0.465. The van der Waals surface area contributed by atoms with E-state index < -0.39 is 47.1 Å². The molecule has 0 saturated carbocycles. The van der Waals surface area contributed by atoms with Crippen LogP contribution >= 0.6 is 0 Å². The largest absolute Gasteiger partial charge is 0.507 e. The molecule has 1 aromatic carbocycles. The summed E-state index contributed by atoms with van der Waals surface area (Å²) in [4.78, 5) is 24.2. The zero-order valence-electron chi connectivity index (χ0n) is 13.8. The molecule has 0 aliphatic heterocycles. The molecule has 0 saturated heterocycles. The highest BCUT2D eigenvalue weighted by Gasteiger charge is 2.28. The molecule has 2 aromatic rings. The number of benzene rings is 1. The molecule has 0 spiro atoms. The maximum Gasteiger partial charge on any atom is 0.306 e. The lowest BCUT2D eigenvalue weighted by Gasteiger charge is -2.19. The fourth-order valence-electron chi connectivity index (χ4n) is 2.56. The number of carbonyl (C=O) groups is 1. The van der Waals surface area contributed by atoms with Crippen LogP contribution in [0.15, 0.2) is 23.0 Å². The quantitative estimate of drug-likeness (QED) is 0.676. The third-order valence-electron chi connectivity index (χ3n) is 4.04. The number of hydrogen-bond donors (Lipinski definition) is 1. The molecule has 0 amide bonds. The minimum atomic E-state index is -1.67. The molecule has 2 rings (SSSR count). The summed E-state index contributed by atoms with van der Waals surface area (Å²) in [5.41, 5.74) is -0.599. The number of aromatic hydroxyl groups is 1. The van der Waals surface area contributed by atoms with Gasteiger partial charge in [-0.05, 0) is 30.7 Å². The fourth-order valence-corrected chi connectivity index (χ4v) is 2.56. The summed E-state index contributed by atoms with van der Waals surface area (Å²) in [6.45, 7) is 1.58. The van der Waals surface area contributed by atoms with Crippen LogP contribution in [0.3, 0.4) is 0 Å². The second kappa shape index (κ2) is 7.00. The molecule has 134 valence electrons. The van der Waals surface area contributed by atoms with Crippen molar-refractivity contribution < 1.29 is 27.8 Å². The second-order valence-electron chi connectivity index (χ2n) is 5.58. The summed E-state index contributed by atoms with van der Waals surface area (Å²) >= 11 is 0. The molecule has 5 nitrogen and oxygen atoms in total. The highest BCUT2D eigenvalue weighted by atomic mass is 19.2. The number of esters is 1. The van der Waals surface area contributed by atoms with Gasteiger partial charge < -0.3 is 14.4 Å². The first-order chi connectivity index (χ1) is 11.7. The van der Waals surface area contributed by atoms with Crippen molar-refractivity contribution >= 4 is 5.97 Å². The molecule has 1 atom stereocenters. The van der Waals surface area contributed by atoms with Crippen LogP contribution < -0.4 is 5.56 Å². The van der Waals surface area contributed by atoms with Gasteiger partial charge in [0, 0.05) is 18.7 Å². The first kappa shape index (κ1) is 18.6. The van der Waals surface area contributed by atoms with E-state index in [1.165, 1.54) is 17.7 Å². The van der Waals surface area contributed by atoms with Crippen LogP contribution in [0.5, 0.6) is 5.75 Å². The van der Waals surface area contributed by atoms with E-state index in [2.05, 4.69) is 4.74 Å². The van der Waals surface area contributed by atoms with Crippen molar-refractivity contribution in [1.82, 2.24) is 4.57 Å². The molecular weight excluding hydrogens is 339 g/mol. The van der Waals surface area contributed by atoms with Gasteiger partial charge in [-0.15, -0.1) is 0 Å². The number of aromatic nitrogens is 1. The first-order valence-electron chi connectivity index (χ1n) is 7.28. The predicted octanol–water partition coefficient (Wildman–Crippen LogP) is 2.51. The summed E-state index contributed by atoms with van der Waals surface area (Å²) in [5, 5.41) is 10.2. The van der Waals surface area contributed by atoms with Gasteiger partial charge in [0.25, 0.3) is 5.56 Å². The summed E-state index contributed by atoms with van der Waals surface area (Å²) in [5.74, 6) is -7.00. The molecule has 0 fully saturated rings. The third-order valence-corrected chi connectivity index (χ3v) is 4.04. The van der Waals surface area contributed by atoms with Crippen molar-refractivity contribution in [3.05, 3.63) is 62.8 Å². The Hall–Kier alpha value is -2.77. The fraction of sp³-hybridized carbons (Fsp3) is 0.294. The van der Waals surface area contributed by atoms with Gasteiger partial charge in [0.15, 0.2) is 17.5 Å². The van der Waals surface area contributed by atoms with Crippen molar-refractivity contribution in [2.45, 2.75) is 19.3 Å². The van der Waals surface area contributed by atoms with Gasteiger partial charge in [-0.25, -0.2) is 13.2 Å². The van der Waals surface area contributed by atoms with E-state index in [0.717, 1.165) is 7.11 Å². The number of pyridine rings is 1. The smallest absolute Gasteiger partial charge is 0.306 e. The number of methoxy groups -OCH3 is 1. The average Bonchev–Trinajstić information content (AvgIpc) is 2.56. The number of nitrogens with zero attached hydrogens (tertiary/aromatic N) is 1. The highest BCUT2D eigenvalue weighted by molar-refractivity contribution is 5.71. The van der Waals surface area contributed by atoms with Crippen LogP contribution in [-0.4, -0.2) is 22.8 Å². The van der Waals surface area contributed by atoms with E-state index in [4.69, 9.17) is 0 Å². The Morgan fingerprint density at radius 2 is 1.80 bits per heavy atom. The van der Waals surface area contributed by atoms with Gasteiger partial charge in [-0.1, -0.05) is 0 Å². The average molecular weight is 355 g/mol. The second-order valence-corrected chi connectivity index (χ2v) is 5.58. The molecule has 8 heteroatoms.